The number of piperazine rings is 1. The SMILES string of the molecule is Cc1nc(C)c(C(=O)N2CCN(c3ccc(-n4cccc4)nn3)CC2)s1. The van der Waals surface area contributed by atoms with Crippen LogP contribution in [-0.4, -0.2) is 56.7 Å². The lowest BCUT2D eigenvalue weighted by Gasteiger charge is -2.35. The molecule has 0 aliphatic carbocycles. The van der Waals surface area contributed by atoms with E-state index in [1.165, 1.54) is 11.3 Å². The first-order valence-electron chi connectivity index (χ1n) is 8.57. The Hall–Kier alpha value is -2.74. The summed E-state index contributed by atoms with van der Waals surface area (Å²) in [5.74, 6) is 1.73. The quantitative estimate of drug-likeness (QED) is 0.710. The average Bonchev–Trinajstić information content (AvgIpc) is 3.31. The van der Waals surface area contributed by atoms with E-state index in [0.717, 1.165) is 40.3 Å². The van der Waals surface area contributed by atoms with Crippen molar-refractivity contribution in [1.82, 2.24) is 24.6 Å². The first-order chi connectivity index (χ1) is 12.6. The van der Waals surface area contributed by atoms with Gasteiger partial charge >= 0.3 is 0 Å². The molecule has 1 aliphatic rings. The van der Waals surface area contributed by atoms with Crippen LogP contribution in [-0.2, 0) is 0 Å². The largest absolute Gasteiger partial charge is 0.352 e. The normalized spacial score (nSPS) is 14.7. The lowest BCUT2D eigenvalue weighted by molar-refractivity contribution is 0.0750. The highest BCUT2D eigenvalue weighted by Gasteiger charge is 2.25. The third kappa shape index (κ3) is 3.20. The maximum atomic E-state index is 12.7. The van der Waals surface area contributed by atoms with Crippen LogP contribution in [0.2, 0.25) is 0 Å². The van der Waals surface area contributed by atoms with Crippen LogP contribution in [0.15, 0.2) is 36.7 Å². The van der Waals surface area contributed by atoms with E-state index in [-0.39, 0.29) is 5.91 Å². The van der Waals surface area contributed by atoms with E-state index in [2.05, 4.69) is 20.1 Å². The van der Waals surface area contributed by atoms with Crippen molar-refractivity contribution in [1.29, 1.82) is 0 Å². The molecule has 0 N–H and O–H groups in total. The smallest absolute Gasteiger partial charge is 0.265 e. The fourth-order valence-electron chi connectivity index (χ4n) is 3.12. The first kappa shape index (κ1) is 16.7. The first-order valence-corrected chi connectivity index (χ1v) is 9.39. The Bertz CT molecular complexity index is 894. The molecule has 0 bridgehead atoms. The summed E-state index contributed by atoms with van der Waals surface area (Å²) in [6.45, 7) is 6.68. The van der Waals surface area contributed by atoms with Crippen molar-refractivity contribution in [3.05, 3.63) is 52.2 Å². The van der Waals surface area contributed by atoms with Gasteiger partial charge in [-0.3, -0.25) is 4.79 Å². The summed E-state index contributed by atoms with van der Waals surface area (Å²) in [7, 11) is 0. The monoisotopic (exact) mass is 368 g/mol. The number of aryl methyl sites for hydroxylation is 2. The molecule has 3 aromatic heterocycles. The number of carbonyl (C=O) groups is 1. The average molecular weight is 368 g/mol. The number of aromatic nitrogens is 4. The van der Waals surface area contributed by atoms with Gasteiger partial charge in [0.25, 0.3) is 5.91 Å². The van der Waals surface area contributed by atoms with Crippen LogP contribution in [0.4, 0.5) is 5.82 Å². The summed E-state index contributed by atoms with van der Waals surface area (Å²) in [5, 5.41) is 9.58. The van der Waals surface area contributed by atoms with Crippen molar-refractivity contribution in [2.45, 2.75) is 13.8 Å². The Balaban J connectivity index is 1.40. The van der Waals surface area contributed by atoms with Crippen LogP contribution in [0, 0.1) is 13.8 Å². The van der Waals surface area contributed by atoms with Crippen LogP contribution >= 0.6 is 11.3 Å². The molecule has 4 rings (SSSR count). The van der Waals surface area contributed by atoms with Gasteiger partial charge in [0.15, 0.2) is 11.6 Å². The maximum absolute atomic E-state index is 12.7. The topological polar surface area (TPSA) is 67.2 Å². The fourth-order valence-corrected chi connectivity index (χ4v) is 4.01. The van der Waals surface area contributed by atoms with E-state index in [4.69, 9.17) is 0 Å². The van der Waals surface area contributed by atoms with Crippen molar-refractivity contribution in [2.75, 3.05) is 31.1 Å². The van der Waals surface area contributed by atoms with E-state index in [1.54, 1.807) is 0 Å². The molecule has 0 saturated carbocycles. The molecule has 4 heterocycles. The van der Waals surface area contributed by atoms with Crippen molar-refractivity contribution in [2.24, 2.45) is 0 Å². The third-order valence-electron chi connectivity index (χ3n) is 4.49. The van der Waals surface area contributed by atoms with Gasteiger partial charge in [0.05, 0.1) is 10.7 Å². The molecule has 26 heavy (non-hydrogen) atoms. The second-order valence-corrected chi connectivity index (χ2v) is 7.47. The summed E-state index contributed by atoms with van der Waals surface area (Å²) in [4.78, 5) is 21.9. The van der Waals surface area contributed by atoms with Gasteiger partial charge in [-0.1, -0.05) is 0 Å². The number of amides is 1. The van der Waals surface area contributed by atoms with E-state index in [9.17, 15) is 4.79 Å². The number of carbonyl (C=O) groups excluding carboxylic acids is 1. The number of nitrogens with zero attached hydrogens (tertiary/aromatic N) is 6. The number of hydrogen-bond donors (Lipinski definition) is 0. The van der Waals surface area contributed by atoms with Crippen LogP contribution in [0.5, 0.6) is 0 Å². The number of rotatable bonds is 3. The molecule has 8 heteroatoms. The summed E-state index contributed by atoms with van der Waals surface area (Å²) in [6.07, 6.45) is 3.88. The van der Waals surface area contributed by atoms with Crippen molar-refractivity contribution in [3.8, 4) is 5.82 Å². The van der Waals surface area contributed by atoms with Gasteiger partial charge in [-0.15, -0.1) is 21.5 Å². The summed E-state index contributed by atoms with van der Waals surface area (Å²) < 4.78 is 1.92. The molecule has 3 aromatic rings. The van der Waals surface area contributed by atoms with Crippen LogP contribution in [0.1, 0.15) is 20.4 Å². The highest BCUT2D eigenvalue weighted by atomic mass is 32.1. The molecule has 1 aliphatic heterocycles. The number of thiazole rings is 1. The molecule has 0 aromatic carbocycles. The molecule has 0 atom stereocenters. The van der Waals surface area contributed by atoms with Gasteiger partial charge < -0.3 is 14.4 Å². The summed E-state index contributed by atoms with van der Waals surface area (Å²) in [5.41, 5.74) is 0.825. The second-order valence-electron chi connectivity index (χ2n) is 6.27. The Labute approximate surface area is 155 Å². The fraction of sp³-hybridized carbons (Fsp3) is 0.333. The summed E-state index contributed by atoms with van der Waals surface area (Å²) in [6, 6.07) is 7.86. The lowest BCUT2D eigenvalue weighted by atomic mass is 10.2. The Morgan fingerprint density at radius 2 is 1.65 bits per heavy atom. The second kappa shape index (κ2) is 6.87. The molecule has 0 spiro atoms. The minimum absolute atomic E-state index is 0.0850. The van der Waals surface area contributed by atoms with E-state index in [0.29, 0.717) is 13.1 Å². The van der Waals surface area contributed by atoms with E-state index >= 15 is 0 Å². The molecule has 0 unspecified atom stereocenters. The van der Waals surface area contributed by atoms with E-state index in [1.807, 2.05) is 60.0 Å². The molecular weight excluding hydrogens is 348 g/mol. The predicted octanol–water partition coefficient (Wildman–Crippen LogP) is 2.30. The molecule has 1 amide bonds. The van der Waals surface area contributed by atoms with Crippen LogP contribution in [0.3, 0.4) is 0 Å². The van der Waals surface area contributed by atoms with Crippen molar-refractivity contribution in [3.63, 3.8) is 0 Å². The van der Waals surface area contributed by atoms with Gasteiger partial charge in [-0.2, -0.15) is 0 Å². The lowest BCUT2D eigenvalue weighted by Crippen LogP contribution is -2.49. The predicted molar refractivity (Wildman–Crippen MR) is 101 cm³/mol. The van der Waals surface area contributed by atoms with Crippen molar-refractivity contribution < 1.29 is 4.79 Å². The van der Waals surface area contributed by atoms with Gasteiger partial charge in [0.2, 0.25) is 0 Å². The van der Waals surface area contributed by atoms with Crippen LogP contribution in [0.25, 0.3) is 5.82 Å². The minimum Gasteiger partial charge on any atom is -0.352 e. The molecule has 134 valence electrons. The maximum Gasteiger partial charge on any atom is 0.265 e. The van der Waals surface area contributed by atoms with Crippen molar-refractivity contribution >= 4 is 23.1 Å². The van der Waals surface area contributed by atoms with E-state index < -0.39 is 0 Å². The minimum atomic E-state index is 0.0850. The Morgan fingerprint density at radius 1 is 1.00 bits per heavy atom. The number of hydrogen-bond acceptors (Lipinski definition) is 6. The zero-order valence-electron chi connectivity index (χ0n) is 14.8. The van der Waals surface area contributed by atoms with Gasteiger partial charge in [0, 0.05) is 38.6 Å². The molecule has 7 nitrogen and oxygen atoms in total. The standard InChI is InChI=1S/C18H20N6OS/c1-13-17(26-14(2)19-13)18(25)24-11-9-23(10-12-24)16-6-5-15(20-21-16)22-7-3-4-8-22/h3-8H,9-12H2,1-2H3. The Morgan fingerprint density at radius 3 is 2.23 bits per heavy atom. The zero-order chi connectivity index (χ0) is 18.1. The number of anilines is 1. The third-order valence-corrected chi connectivity index (χ3v) is 5.55. The summed E-state index contributed by atoms with van der Waals surface area (Å²) >= 11 is 1.47. The highest BCUT2D eigenvalue weighted by Crippen LogP contribution is 2.21. The Kier molecular flexibility index (Phi) is 4.42. The molecule has 1 saturated heterocycles. The van der Waals surface area contributed by atoms with Gasteiger partial charge in [-0.05, 0) is 38.1 Å². The molecule has 1 fully saturated rings. The van der Waals surface area contributed by atoms with Crippen LogP contribution < -0.4 is 4.90 Å². The molecular formula is C18H20N6OS. The van der Waals surface area contributed by atoms with Gasteiger partial charge in [0.1, 0.15) is 4.88 Å². The highest BCUT2D eigenvalue weighted by molar-refractivity contribution is 7.13. The zero-order valence-corrected chi connectivity index (χ0v) is 15.6. The van der Waals surface area contributed by atoms with Gasteiger partial charge in [-0.25, -0.2) is 4.98 Å². The molecule has 0 radical (unpaired) electrons.